The number of rotatable bonds is 18. The maximum absolute atomic E-state index is 16.0. The minimum Gasteiger partial charge on any atom is -0.457 e. The zero-order chi connectivity index (χ0) is 53.6. The Bertz CT molecular complexity index is 3620. The summed E-state index contributed by atoms with van der Waals surface area (Å²) in [6.07, 6.45) is 0. The number of nitriles is 6. The largest absolute Gasteiger partial charge is 0.647 e. The van der Waals surface area contributed by atoms with Crippen LogP contribution >= 0.6 is 7.82 Å². The molecule has 0 unspecified atom stereocenters. The van der Waals surface area contributed by atoms with Gasteiger partial charge >= 0.3 is 7.82 Å². The summed E-state index contributed by atoms with van der Waals surface area (Å²) >= 11 is 0. The molecule has 17 heteroatoms. The third-order valence-corrected chi connectivity index (χ3v) is 11.8. The van der Waals surface area contributed by atoms with Crippen LogP contribution < -0.4 is 42.0 Å². The van der Waals surface area contributed by atoms with Crippen molar-refractivity contribution >= 4 is 7.82 Å². The van der Waals surface area contributed by atoms with Crippen LogP contribution in [-0.4, -0.2) is 0 Å². The van der Waals surface area contributed by atoms with Gasteiger partial charge in [-0.25, -0.2) is 0 Å². The number of benzene rings is 9. The Balaban J connectivity index is 1.18. The molecule has 16 nitrogen and oxygen atoms in total. The highest BCUT2D eigenvalue weighted by atomic mass is 31.2. The van der Waals surface area contributed by atoms with Crippen LogP contribution in [0.25, 0.3) is 0 Å². The monoisotopic (exact) mass is 1030 g/mol. The molecule has 0 aromatic heterocycles. The van der Waals surface area contributed by atoms with Crippen LogP contribution in [0.4, 0.5) is 0 Å². The van der Waals surface area contributed by atoms with Crippen LogP contribution in [0.2, 0.25) is 0 Å². The lowest BCUT2D eigenvalue weighted by molar-refractivity contribution is 0.284. The Morgan fingerprint density at radius 1 is 0.247 bits per heavy atom. The number of ether oxygens (including phenoxy) is 6. The maximum Gasteiger partial charge on any atom is 0.647 e. The summed E-state index contributed by atoms with van der Waals surface area (Å²) in [5.74, 6) is 0.966. The molecular formula is C60H33N6O10P. The van der Waals surface area contributed by atoms with Crippen molar-refractivity contribution in [1.29, 1.82) is 31.6 Å². The van der Waals surface area contributed by atoms with Crippen LogP contribution in [0.15, 0.2) is 200 Å². The lowest BCUT2D eigenvalue weighted by atomic mass is 10.2. The van der Waals surface area contributed by atoms with Gasteiger partial charge in [-0.15, -0.1) is 0 Å². The number of hydrogen-bond donors (Lipinski definition) is 0. The molecule has 9 aromatic carbocycles. The van der Waals surface area contributed by atoms with Crippen LogP contribution in [0.3, 0.4) is 0 Å². The fourth-order valence-electron chi connectivity index (χ4n) is 7.10. The molecule has 0 spiro atoms. The Morgan fingerprint density at radius 2 is 0.455 bits per heavy atom. The SMILES string of the molecule is N#Cc1cccc(Oc2ccc(OP(=O)(Oc3ccc(Oc4cccc(C#N)c4)cc3Oc3cccc(C#N)c3)Oc3ccc(Oc4cccc(C#N)c4)cc3Oc3cccc(C#N)c3)c(Oc3cccc(C#N)c3)c2)c1. The summed E-state index contributed by atoms with van der Waals surface area (Å²) in [6.45, 7) is 0. The summed E-state index contributed by atoms with van der Waals surface area (Å²) in [7, 11) is -5.23. The van der Waals surface area contributed by atoms with E-state index in [1.54, 1.807) is 109 Å². The molecule has 77 heavy (non-hydrogen) atoms. The van der Waals surface area contributed by atoms with Crippen molar-refractivity contribution in [2.75, 3.05) is 0 Å². The van der Waals surface area contributed by atoms with Crippen LogP contribution in [0.1, 0.15) is 33.4 Å². The smallest absolute Gasteiger partial charge is 0.457 e. The topological polar surface area (TPSA) is 243 Å². The first-order chi connectivity index (χ1) is 37.6. The number of hydrogen-bond acceptors (Lipinski definition) is 16. The van der Waals surface area contributed by atoms with Gasteiger partial charge in [-0.2, -0.15) is 36.1 Å². The van der Waals surface area contributed by atoms with Crippen molar-refractivity contribution in [3.8, 4) is 123 Å². The fourth-order valence-corrected chi connectivity index (χ4v) is 8.39. The molecule has 368 valence electrons. The zero-order valence-corrected chi connectivity index (χ0v) is 40.7. The summed E-state index contributed by atoms with van der Waals surface area (Å²) in [5.41, 5.74) is 1.80. The third-order valence-electron chi connectivity index (χ3n) is 10.5. The second kappa shape index (κ2) is 23.3. The van der Waals surface area contributed by atoms with Gasteiger partial charge in [0.15, 0.2) is 34.5 Å². The third kappa shape index (κ3) is 13.1. The Morgan fingerprint density at radius 3 is 0.675 bits per heavy atom. The van der Waals surface area contributed by atoms with E-state index in [1.165, 1.54) is 91.0 Å². The standard InChI is InChI=1S/C60H33N6O10P/c61-34-40-7-1-13-46(25-40)68-52-19-22-55(58(31-52)71-49-16-4-10-43(28-49)37-64)74-77(67,75-56-23-20-53(69-47-14-2-8-41(26-47)35-62)32-59(56)72-50-17-5-11-44(29-50)38-65)76-57-24-21-54(70-48-15-3-9-42(27-48)36-63)33-60(57)73-51-18-6-12-45(30-51)39-66/h1-33H. The van der Waals surface area contributed by atoms with E-state index in [2.05, 4.69) is 36.4 Å². The highest BCUT2D eigenvalue weighted by Gasteiger charge is 2.37. The van der Waals surface area contributed by atoms with Gasteiger partial charge in [-0.1, -0.05) is 36.4 Å². The molecule has 0 radical (unpaired) electrons. The molecular weight excluding hydrogens is 996 g/mol. The molecule has 0 amide bonds. The lowest BCUT2D eigenvalue weighted by Gasteiger charge is -2.23. The van der Waals surface area contributed by atoms with Gasteiger partial charge in [-0.05, 0) is 146 Å². The van der Waals surface area contributed by atoms with Gasteiger partial charge in [0.2, 0.25) is 0 Å². The normalized spacial score (nSPS) is 10.3. The van der Waals surface area contributed by atoms with Crippen LogP contribution in [0, 0.1) is 68.0 Å². The van der Waals surface area contributed by atoms with Crippen molar-refractivity contribution in [2.24, 2.45) is 0 Å². The van der Waals surface area contributed by atoms with E-state index in [0.29, 0.717) is 33.9 Å². The van der Waals surface area contributed by atoms with Crippen molar-refractivity contribution < 1.29 is 46.6 Å². The minimum absolute atomic E-state index is 0.109. The molecule has 0 heterocycles. The van der Waals surface area contributed by atoms with E-state index < -0.39 is 7.82 Å². The van der Waals surface area contributed by atoms with Crippen LogP contribution in [0.5, 0.6) is 86.2 Å². The average Bonchev–Trinajstić information content (AvgIpc) is 3.46. The second-order valence-corrected chi connectivity index (χ2v) is 17.4. The Labute approximate surface area is 440 Å². The minimum atomic E-state index is -5.23. The highest BCUT2D eigenvalue weighted by molar-refractivity contribution is 7.49. The molecule has 0 aliphatic carbocycles. The van der Waals surface area contributed by atoms with Gasteiger partial charge in [0.25, 0.3) is 0 Å². The van der Waals surface area contributed by atoms with E-state index in [-0.39, 0.29) is 85.7 Å². The van der Waals surface area contributed by atoms with E-state index >= 15 is 4.57 Å². The molecule has 0 saturated heterocycles. The van der Waals surface area contributed by atoms with Gasteiger partial charge in [0.05, 0.1) is 69.8 Å². The molecule has 0 aliphatic rings. The predicted molar refractivity (Wildman–Crippen MR) is 276 cm³/mol. The van der Waals surface area contributed by atoms with E-state index in [0.717, 1.165) is 0 Å². The first kappa shape index (κ1) is 50.3. The molecule has 0 saturated carbocycles. The molecule has 9 rings (SSSR count). The van der Waals surface area contributed by atoms with Gasteiger partial charge in [-0.3, -0.25) is 0 Å². The second-order valence-electron chi connectivity index (χ2n) is 16.0. The van der Waals surface area contributed by atoms with Crippen molar-refractivity contribution in [3.63, 3.8) is 0 Å². The van der Waals surface area contributed by atoms with Gasteiger partial charge < -0.3 is 42.0 Å². The van der Waals surface area contributed by atoms with Crippen LogP contribution in [-0.2, 0) is 4.57 Å². The van der Waals surface area contributed by atoms with E-state index in [9.17, 15) is 31.6 Å². The molecule has 0 atom stereocenters. The van der Waals surface area contributed by atoms with Crippen molar-refractivity contribution in [1.82, 2.24) is 0 Å². The highest BCUT2D eigenvalue weighted by Crippen LogP contribution is 2.56. The zero-order valence-electron chi connectivity index (χ0n) is 39.8. The van der Waals surface area contributed by atoms with Gasteiger partial charge in [0.1, 0.15) is 51.7 Å². The summed E-state index contributed by atoms with van der Waals surface area (Å²) in [4.78, 5) is 0. The molecule has 0 fully saturated rings. The molecule has 0 aliphatic heterocycles. The maximum atomic E-state index is 16.0. The van der Waals surface area contributed by atoms with E-state index in [1.807, 2.05) is 0 Å². The Kier molecular flexibility index (Phi) is 15.2. The van der Waals surface area contributed by atoms with Crippen molar-refractivity contribution in [3.05, 3.63) is 234 Å². The Hall–Kier alpha value is -11.7. The molecule has 9 aromatic rings. The van der Waals surface area contributed by atoms with Gasteiger partial charge in [0, 0.05) is 18.2 Å². The quantitative estimate of drug-likeness (QED) is 0.0725. The molecule has 0 bridgehead atoms. The number of phosphoric acid groups is 1. The fraction of sp³-hybridized carbons (Fsp3) is 0. The summed E-state index contributed by atoms with van der Waals surface area (Å²) < 4.78 is 72.6. The summed E-state index contributed by atoms with van der Waals surface area (Å²) in [5, 5.41) is 57.9. The number of nitrogens with zero attached hydrogens (tertiary/aromatic N) is 6. The van der Waals surface area contributed by atoms with E-state index in [4.69, 9.17) is 42.0 Å². The molecule has 0 N–H and O–H groups in total. The first-order valence-electron chi connectivity index (χ1n) is 22.8. The lowest BCUT2D eigenvalue weighted by Crippen LogP contribution is -2.09. The predicted octanol–water partition coefficient (Wildman–Crippen LogP) is 15.3. The summed E-state index contributed by atoms with van der Waals surface area (Å²) in [6, 6.07) is 63.2. The van der Waals surface area contributed by atoms with Crippen molar-refractivity contribution in [2.45, 2.75) is 0 Å². The number of phosphoric ester groups is 1. The average molecular weight is 1030 g/mol. The first-order valence-corrected chi connectivity index (χ1v) is 24.2.